The van der Waals surface area contributed by atoms with Crippen LogP contribution in [-0.4, -0.2) is 32.5 Å². The molecule has 5 heteroatoms. The molecule has 5 nitrogen and oxygen atoms in total. The van der Waals surface area contributed by atoms with E-state index in [-0.39, 0.29) is 0 Å². The predicted octanol–water partition coefficient (Wildman–Crippen LogP) is 4.02. The lowest BCUT2D eigenvalue weighted by atomic mass is 9.98. The summed E-state index contributed by atoms with van der Waals surface area (Å²) in [6, 6.07) is 4.19. The van der Waals surface area contributed by atoms with Gasteiger partial charge >= 0.3 is 0 Å². The Morgan fingerprint density at radius 1 is 1.00 bits per heavy atom. The summed E-state index contributed by atoms with van der Waals surface area (Å²) in [7, 11) is 0. The highest BCUT2D eigenvalue weighted by molar-refractivity contribution is 5.24. The third-order valence-corrected chi connectivity index (χ3v) is 6.02. The largest absolute Gasteiger partial charge is 0.474 e. The normalized spacial score (nSPS) is 21.0. The van der Waals surface area contributed by atoms with Gasteiger partial charge in [0, 0.05) is 61.7 Å². The van der Waals surface area contributed by atoms with Crippen LogP contribution in [0.15, 0.2) is 24.5 Å². The van der Waals surface area contributed by atoms with Crippen LogP contribution in [0.25, 0.3) is 0 Å². The van der Waals surface area contributed by atoms with Crippen molar-refractivity contribution in [3.8, 4) is 5.88 Å². The first-order chi connectivity index (χ1) is 13.3. The quantitative estimate of drug-likeness (QED) is 0.802. The van der Waals surface area contributed by atoms with Gasteiger partial charge in [-0.15, -0.1) is 0 Å². The average molecular weight is 364 g/mol. The molecule has 142 valence electrons. The fraction of sp³-hybridized carbons (Fsp3) is 0.591. The molecule has 0 amide bonds. The lowest BCUT2D eigenvalue weighted by Crippen LogP contribution is -2.31. The first-order valence-electron chi connectivity index (χ1n) is 10.5. The first-order valence-corrected chi connectivity index (χ1v) is 10.5. The monoisotopic (exact) mass is 364 g/mol. The molecule has 0 unspecified atom stereocenters. The Morgan fingerprint density at radius 3 is 2.67 bits per heavy atom. The van der Waals surface area contributed by atoms with Crippen LogP contribution >= 0.6 is 0 Å². The minimum Gasteiger partial charge on any atom is -0.474 e. The molecule has 3 aliphatic rings. The molecule has 0 aromatic carbocycles. The van der Waals surface area contributed by atoms with Gasteiger partial charge in [0.05, 0.1) is 0 Å². The highest BCUT2D eigenvalue weighted by atomic mass is 16.5. The molecule has 0 saturated heterocycles. The summed E-state index contributed by atoms with van der Waals surface area (Å²) >= 11 is 0. The minimum absolute atomic E-state index is 0.358. The second-order valence-corrected chi connectivity index (χ2v) is 8.32. The van der Waals surface area contributed by atoms with Gasteiger partial charge in [0.1, 0.15) is 11.9 Å². The van der Waals surface area contributed by atoms with Crippen LogP contribution in [0, 0.1) is 0 Å². The zero-order valence-electron chi connectivity index (χ0n) is 15.9. The predicted molar refractivity (Wildman–Crippen MR) is 104 cm³/mol. The molecule has 0 atom stereocenters. The maximum absolute atomic E-state index is 6.04. The molecule has 2 aromatic rings. The first kappa shape index (κ1) is 17.1. The maximum Gasteiger partial charge on any atom is 0.213 e. The van der Waals surface area contributed by atoms with Gasteiger partial charge in [0.2, 0.25) is 5.88 Å². The maximum atomic E-state index is 6.04. The standard InChI is InChI=1S/C22H28N4O/c1-2-4-19(5-3-1)27-21-9-6-16(12-23-21)14-26-11-10-20-18(15-26)13-24-22(25-20)17-7-8-17/h6,9,12-13,17,19H,1-5,7-8,10-11,14-15H2. The van der Waals surface area contributed by atoms with Crippen molar-refractivity contribution in [2.45, 2.75) is 76.5 Å². The summed E-state index contributed by atoms with van der Waals surface area (Å²) in [6.07, 6.45) is 14.2. The summed E-state index contributed by atoms with van der Waals surface area (Å²) in [6.45, 7) is 2.90. The highest BCUT2D eigenvalue weighted by Crippen LogP contribution is 2.38. The molecule has 2 aromatic heterocycles. The Morgan fingerprint density at radius 2 is 1.89 bits per heavy atom. The van der Waals surface area contributed by atoms with Crippen LogP contribution in [0.1, 0.15) is 73.5 Å². The van der Waals surface area contributed by atoms with Crippen molar-refractivity contribution >= 4 is 0 Å². The number of fused-ring (bicyclic) bond motifs is 1. The Hall–Kier alpha value is -2.01. The molecule has 27 heavy (non-hydrogen) atoms. The van der Waals surface area contributed by atoms with Crippen molar-refractivity contribution in [2.75, 3.05) is 6.54 Å². The van der Waals surface area contributed by atoms with Crippen molar-refractivity contribution in [3.05, 3.63) is 47.2 Å². The second kappa shape index (κ2) is 7.55. The van der Waals surface area contributed by atoms with E-state index in [1.165, 1.54) is 61.8 Å². The van der Waals surface area contributed by atoms with Crippen LogP contribution in [0.5, 0.6) is 5.88 Å². The fourth-order valence-corrected chi connectivity index (χ4v) is 4.25. The van der Waals surface area contributed by atoms with Crippen molar-refractivity contribution in [2.24, 2.45) is 0 Å². The van der Waals surface area contributed by atoms with E-state index in [0.29, 0.717) is 12.0 Å². The average Bonchev–Trinajstić information content (AvgIpc) is 3.55. The number of hydrogen-bond acceptors (Lipinski definition) is 5. The van der Waals surface area contributed by atoms with Gasteiger partial charge in [-0.2, -0.15) is 0 Å². The Balaban J connectivity index is 1.18. The van der Waals surface area contributed by atoms with E-state index in [0.717, 1.165) is 37.8 Å². The van der Waals surface area contributed by atoms with Crippen LogP contribution in [0.3, 0.4) is 0 Å². The van der Waals surface area contributed by atoms with Gasteiger partial charge in [-0.05, 0) is 44.1 Å². The van der Waals surface area contributed by atoms with Gasteiger partial charge in [0.15, 0.2) is 0 Å². The summed E-state index contributed by atoms with van der Waals surface area (Å²) in [5.41, 5.74) is 3.79. The highest BCUT2D eigenvalue weighted by Gasteiger charge is 2.28. The summed E-state index contributed by atoms with van der Waals surface area (Å²) in [4.78, 5) is 16.4. The Bertz CT molecular complexity index is 781. The zero-order chi connectivity index (χ0) is 18.1. The topological polar surface area (TPSA) is 51.1 Å². The van der Waals surface area contributed by atoms with E-state index in [9.17, 15) is 0 Å². The number of hydrogen-bond donors (Lipinski definition) is 0. The van der Waals surface area contributed by atoms with Crippen molar-refractivity contribution < 1.29 is 4.74 Å². The third kappa shape index (κ3) is 4.13. The van der Waals surface area contributed by atoms with Crippen molar-refractivity contribution in [1.29, 1.82) is 0 Å². The SMILES string of the molecule is c1cc(OC2CCCCC2)ncc1CN1CCc2nc(C3CC3)ncc2C1. The van der Waals surface area contributed by atoms with Gasteiger partial charge < -0.3 is 4.74 Å². The van der Waals surface area contributed by atoms with Crippen LogP contribution in [0.2, 0.25) is 0 Å². The molecular formula is C22H28N4O. The van der Waals surface area contributed by atoms with E-state index < -0.39 is 0 Å². The van der Waals surface area contributed by atoms with Gasteiger partial charge in [-0.25, -0.2) is 15.0 Å². The smallest absolute Gasteiger partial charge is 0.213 e. The van der Waals surface area contributed by atoms with Crippen LogP contribution < -0.4 is 4.74 Å². The number of pyridine rings is 1. The lowest BCUT2D eigenvalue weighted by molar-refractivity contribution is 0.148. The number of rotatable bonds is 5. The number of aromatic nitrogens is 3. The second-order valence-electron chi connectivity index (χ2n) is 8.32. The van der Waals surface area contributed by atoms with E-state index >= 15 is 0 Å². The molecule has 0 bridgehead atoms. The molecular weight excluding hydrogens is 336 g/mol. The minimum atomic E-state index is 0.358. The number of nitrogens with zero attached hydrogens (tertiary/aromatic N) is 4. The van der Waals surface area contributed by atoms with Crippen molar-refractivity contribution in [1.82, 2.24) is 19.9 Å². The van der Waals surface area contributed by atoms with Crippen LogP contribution in [0.4, 0.5) is 0 Å². The summed E-state index contributed by atoms with van der Waals surface area (Å²) in [5.74, 6) is 2.48. The Labute approximate surface area is 161 Å². The molecule has 0 N–H and O–H groups in total. The molecule has 0 spiro atoms. The van der Waals surface area contributed by atoms with E-state index in [2.05, 4.69) is 27.1 Å². The molecule has 2 fully saturated rings. The summed E-state index contributed by atoms with van der Waals surface area (Å²) < 4.78 is 6.04. The van der Waals surface area contributed by atoms with E-state index in [1.807, 2.05) is 12.3 Å². The van der Waals surface area contributed by atoms with E-state index in [1.54, 1.807) is 0 Å². The molecule has 0 radical (unpaired) electrons. The molecule has 2 aliphatic carbocycles. The fourth-order valence-electron chi connectivity index (χ4n) is 4.25. The number of ether oxygens (including phenoxy) is 1. The molecule has 1 aliphatic heterocycles. The zero-order valence-corrected chi connectivity index (χ0v) is 15.9. The van der Waals surface area contributed by atoms with E-state index in [4.69, 9.17) is 9.72 Å². The van der Waals surface area contributed by atoms with Gasteiger partial charge in [-0.3, -0.25) is 4.90 Å². The molecule has 3 heterocycles. The molecule has 2 saturated carbocycles. The third-order valence-electron chi connectivity index (χ3n) is 6.02. The van der Waals surface area contributed by atoms with Crippen molar-refractivity contribution in [3.63, 3.8) is 0 Å². The summed E-state index contributed by atoms with van der Waals surface area (Å²) in [5, 5.41) is 0. The lowest BCUT2D eigenvalue weighted by Gasteiger charge is -2.28. The van der Waals surface area contributed by atoms with Gasteiger partial charge in [-0.1, -0.05) is 12.5 Å². The van der Waals surface area contributed by atoms with Gasteiger partial charge in [0.25, 0.3) is 0 Å². The molecule has 5 rings (SSSR count). The van der Waals surface area contributed by atoms with Crippen LogP contribution in [-0.2, 0) is 19.5 Å². The Kier molecular flexibility index (Phi) is 4.78.